The number of ether oxygens (including phenoxy) is 2. The molecule has 5 rings (SSSR count). The van der Waals surface area contributed by atoms with Crippen molar-refractivity contribution in [2.75, 3.05) is 32.8 Å². The second-order valence-electron chi connectivity index (χ2n) is 9.80. The molecule has 0 bridgehead atoms. The molecule has 0 unspecified atom stereocenters. The summed E-state index contributed by atoms with van der Waals surface area (Å²) in [7, 11) is 0. The molecule has 2 fully saturated rings. The molecule has 1 aromatic heterocycles. The van der Waals surface area contributed by atoms with E-state index in [9.17, 15) is 14.0 Å². The van der Waals surface area contributed by atoms with E-state index in [0.29, 0.717) is 65.7 Å². The number of amidine groups is 1. The Balaban J connectivity index is 1.51. The highest BCUT2D eigenvalue weighted by Crippen LogP contribution is 2.41. The summed E-state index contributed by atoms with van der Waals surface area (Å²) in [6.45, 7) is 3.90. The molecule has 1 aliphatic carbocycles. The number of hydrogen-bond donors (Lipinski definition) is 2. The van der Waals surface area contributed by atoms with Gasteiger partial charge in [0.1, 0.15) is 11.9 Å². The van der Waals surface area contributed by atoms with Crippen LogP contribution >= 0.6 is 27.3 Å². The maximum atomic E-state index is 14.0. The number of aromatic nitrogens is 1. The van der Waals surface area contributed by atoms with E-state index >= 15 is 0 Å². The first-order chi connectivity index (χ1) is 18.8. The van der Waals surface area contributed by atoms with Crippen LogP contribution < -0.4 is 5.32 Å². The van der Waals surface area contributed by atoms with Crippen molar-refractivity contribution in [3.63, 3.8) is 0 Å². The molecule has 2 atom stereocenters. The molecule has 2 aromatic rings. The summed E-state index contributed by atoms with van der Waals surface area (Å²) in [6.07, 6.45) is 2.47. The average molecular weight is 622 g/mol. The summed E-state index contributed by atoms with van der Waals surface area (Å²) in [5.41, 5.74) is 2.66. The quantitative estimate of drug-likeness (QED) is 0.376. The van der Waals surface area contributed by atoms with Gasteiger partial charge < -0.3 is 19.9 Å². The number of nitrogens with zero attached hydrogens (tertiary/aromatic N) is 3. The standard InChI is InChI=1S/C27H30BrFN4O5S/c1-2-37-27(36)23-20(13-33-9-10-38-17(12-33)6-8-22(34)35)30-25(26-31-21(14-39-26)15-3-4-15)32-24(23)18-7-5-16(29)11-19(18)28/h5,7,11,14-15,17,24H,2-4,6,8-10,12-13H2,1H3,(H,30,32)(H,34,35)/t17-,24+/m1/s1. The van der Waals surface area contributed by atoms with Gasteiger partial charge in [-0.15, -0.1) is 11.3 Å². The fourth-order valence-electron chi connectivity index (χ4n) is 4.79. The summed E-state index contributed by atoms with van der Waals surface area (Å²) >= 11 is 4.97. The van der Waals surface area contributed by atoms with Crippen LogP contribution in [0.15, 0.2) is 44.3 Å². The molecular weight excluding hydrogens is 591 g/mol. The normalized spacial score (nSPS) is 21.9. The van der Waals surface area contributed by atoms with Gasteiger partial charge in [-0.1, -0.05) is 22.0 Å². The first-order valence-electron chi connectivity index (χ1n) is 13.0. The number of morpholine rings is 1. The van der Waals surface area contributed by atoms with Gasteiger partial charge in [0.2, 0.25) is 0 Å². The Morgan fingerprint density at radius 3 is 2.90 bits per heavy atom. The van der Waals surface area contributed by atoms with Crippen molar-refractivity contribution in [3.8, 4) is 0 Å². The number of rotatable bonds is 10. The van der Waals surface area contributed by atoms with E-state index in [-0.39, 0.29) is 19.1 Å². The first-order valence-corrected chi connectivity index (χ1v) is 14.7. The zero-order valence-corrected chi connectivity index (χ0v) is 23.9. The van der Waals surface area contributed by atoms with Crippen molar-refractivity contribution in [1.82, 2.24) is 15.2 Å². The highest BCUT2D eigenvalue weighted by Gasteiger charge is 2.36. The monoisotopic (exact) mass is 620 g/mol. The molecule has 1 aromatic carbocycles. The Morgan fingerprint density at radius 1 is 1.36 bits per heavy atom. The van der Waals surface area contributed by atoms with Crippen LogP contribution in [0.25, 0.3) is 0 Å². The minimum Gasteiger partial charge on any atom is -0.481 e. The molecule has 1 saturated heterocycles. The molecule has 3 aliphatic rings. The maximum Gasteiger partial charge on any atom is 0.338 e. The highest BCUT2D eigenvalue weighted by atomic mass is 79.9. The van der Waals surface area contributed by atoms with Gasteiger partial charge in [0.15, 0.2) is 10.8 Å². The van der Waals surface area contributed by atoms with Crippen molar-refractivity contribution in [1.29, 1.82) is 0 Å². The lowest BCUT2D eigenvalue weighted by molar-refractivity contribution is -0.139. The van der Waals surface area contributed by atoms with Gasteiger partial charge in [0, 0.05) is 47.5 Å². The molecule has 0 amide bonds. The van der Waals surface area contributed by atoms with Crippen molar-refractivity contribution < 1.29 is 28.6 Å². The zero-order chi connectivity index (χ0) is 27.5. The summed E-state index contributed by atoms with van der Waals surface area (Å²) in [4.78, 5) is 36.4. The zero-order valence-electron chi connectivity index (χ0n) is 21.5. The number of nitrogens with one attached hydrogen (secondary N) is 1. The molecule has 39 heavy (non-hydrogen) atoms. The van der Waals surface area contributed by atoms with Crippen LogP contribution in [0, 0.1) is 5.82 Å². The SMILES string of the molecule is CCOC(=O)C1=C(CN2CCO[C@H](CCC(=O)O)C2)NC(c2nc(C3CC3)cs2)=N[C@H]1c1ccc(F)cc1Br. The molecule has 1 saturated carbocycles. The second-order valence-corrected chi connectivity index (χ2v) is 11.5. The summed E-state index contributed by atoms with van der Waals surface area (Å²) in [5, 5.41) is 15.3. The van der Waals surface area contributed by atoms with Crippen LogP contribution in [0.3, 0.4) is 0 Å². The molecule has 2 N–H and O–H groups in total. The fourth-order valence-corrected chi connectivity index (χ4v) is 6.21. The Morgan fingerprint density at radius 2 is 2.18 bits per heavy atom. The minimum absolute atomic E-state index is 0.0262. The average Bonchev–Trinajstić information content (AvgIpc) is 3.63. The molecular formula is C27H30BrFN4O5S. The van der Waals surface area contributed by atoms with Gasteiger partial charge in [-0.2, -0.15) is 0 Å². The van der Waals surface area contributed by atoms with E-state index in [1.807, 2.05) is 0 Å². The number of aliphatic imine (C=N–C) groups is 1. The number of carbonyl (C=O) groups is 2. The van der Waals surface area contributed by atoms with E-state index in [1.165, 1.54) is 23.5 Å². The number of carboxylic acid groups (broad SMARTS) is 1. The van der Waals surface area contributed by atoms with Crippen LogP contribution in [0.4, 0.5) is 4.39 Å². The van der Waals surface area contributed by atoms with Gasteiger partial charge in [0.05, 0.1) is 30.6 Å². The number of aliphatic carboxylic acids is 1. The second kappa shape index (κ2) is 12.2. The Labute approximate surface area is 238 Å². The van der Waals surface area contributed by atoms with E-state index in [0.717, 1.165) is 23.5 Å². The lowest BCUT2D eigenvalue weighted by Crippen LogP contribution is -2.46. The first kappa shape index (κ1) is 27.9. The van der Waals surface area contributed by atoms with E-state index in [2.05, 4.69) is 31.5 Å². The van der Waals surface area contributed by atoms with Crippen molar-refractivity contribution in [3.05, 3.63) is 61.4 Å². The van der Waals surface area contributed by atoms with Crippen LogP contribution in [-0.2, 0) is 19.1 Å². The summed E-state index contributed by atoms with van der Waals surface area (Å²) in [6, 6.07) is 3.59. The molecule has 12 heteroatoms. The van der Waals surface area contributed by atoms with Gasteiger partial charge in [-0.25, -0.2) is 14.2 Å². The maximum absolute atomic E-state index is 14.0. The van der Waals surface area contributed by atoms with Crippen molar-refractivity contribution in [2.24, 2.45) is 4.99 Å². The summed E-state index contributed by atoms with van der Waals surface area (Å²) < 4.78 is 25.8. The lowest BCUT2D eigenvalue weighted by atomic mass is 9.95. The number of halogens is 2. The Kier molecular flexibility index (Phi) is 8.75. The van der Waals surface area contributed by atoms with Crippen molar-refractivity contribution in [2.45, 2.75) is 50.7 Å². The van der Waals surface area contributed by atoms with E-state index < -0.39 is 23.8 Å². The van der Waals surface area contributed by atoms with Gasteiger partial charge in [-0.3, -0.25) is 14.7 Å². The third-order valence-corrected chi connectivity index (χ3v) is 8.44. The van der Waals surface area contributed by atoms with E-state index in [4.69, 9.17) is 24.6 Å². The van der Waals surface area contributed by atoms with Crippen molar-refractivity contribution >= 4 is 45.0 Å². The minimum atomic E-state index is -0.862. The number of carbonyl (C=O) groups excluding carboxylic acids is 1. The number of hydrogen-bond acceptors (Lipinski definition) is 9. The van der Waals surface area contributed by atoms with Gasteiger partial charge in [-0.05, 0) is 43.9 Å². The van der Waals surface area contributed by atoms with E-state index in [1.54, 1.807) is 13.0 Å². The van der Waals surface area contributed by atoms with Crippen LogP contribution in [0.2, 0.25) is 0 Å². The third-order valence-electron chi connectivity index (χ3n) is 6.88. The number of esters is 1. The predicted octanol–water partition coefficient (Wildman–Crippen LogP) is 4.40. The Hall–Kier alpha value is -2.67. The van der Waals surface area contributed by atoms with Gasteiger partial charge >= 0.3 is 11.9 Å². The smallest absolute Gasteiger partial charge is 0.338 e. The third kappa shape index (κ3) is 6.74. The molecule has 0 spiro atoms. The molecule has 3 heterocycles. The topological polar surface area (TPSA) is 113 Å². The number of thiazole rings is 1. The van der Waals surface area contributed by atoms with Crippen LogP contribution in [-0.4, -0.2) is 71.7 Å². The number of carboxylic acids is 1. The highest BCUT2D eigenvalue weighted by molar-refractivity contribution is 9.10. The lowest BCUT2D eigenvalue weighted by Gasteiger charge is -2.35. The molecule has 0 radical (unpaired) electrons. The fraction of sp³-hybridized carbons (Fsp3) is 0.481. The molecule has 2 aliphatic heterocycles. The molecule has 9 nitrogen and oxygen atoms in total. The van der Waals surface area contributed by atoms with Crippen LogP contribution in [0.5, 0.6) is 0 Å². The van der Waals surface area contributed by atoms with Gasteiger partial charge in [0.25, 0.3) is 0 Å². The number of benzene rings is 1. The summed E-state index contributed by atoms with van der Waals surface area (Å²) in [5.74, 6) is -0.730. The Bertz CT molecular complexity index is 1310. The predicted molar refractivity (Wildman–Crippen MR) is 147 cm³/mol. The largest absolute Gasteiger partial charge is 0.481 e. The van der Waals surface area contributed by atoms with Crippen LogP contribution in [0.1, 0.15) is 60.8 Å². The molecule has 208 valence electrons.